The maximum atomic E-state index is 3.62. The van der Waals surface area contributed by atoms with Gasteiger partial charge in [0.2, 0.25) is 0 Å². The fraction of sp³-hybridized carbons (Fsp3) is 0.0769. The molecule has 0 fully saturated rings. The Kier molecular flexibility index (Phi) is 7.64. The number of hydrogen-bond acceptors (Lipinski definition) is 1. The van der Waals surface area contributed by atoms with Gasteiger partial charge in [0.1, 0.15) is 0 Å². The molecular weight excluding hydrogens is 496 g/mol. The number of allylic oxidation sites excluding steroid dienone is 5. The largest absolute Gasteiger partial charge is 0.382 e. The van der Waals surface area contributed by atoms with E-state index in [2.05, 4.69) is 163 Å². The highest BCUT2D eigenvalue weighted by Crippen LogP contribution is 2.37. The molecule has 2 heteroatoms. The molecule has 200 valence electrons. The lowest BCUT2D eigenvalue weighted by Gasteiger charge is -2.16. The minimum Gasteiger partial charge on any atom is -0.382 e. The number of dihydropyridines is 1. The van der Waals surface area contributed by atoms with Crippen LogP contribution in [-0.4, -0.2) is 10.6 Å². The number of fused-ring (bicyclic) bond motifs is 5. The Hall–Kier alpha value is -5.08. The smallest absolute Gasteiger partial charge is 0.0619 e. The molecule has 0 amide bonds. The summed E-state index contributed by atoms with van der Waals surface area (Å²) < 4.78 is 2.40. The molecule has 2 nitrogen and oxygen atoms in total. The second-order valence-corrected chi connectivity index (χ2v) is 10.3. The number of benzene rings is 5. The summed E-state index contributed by atoms with van der Waals surface area (Å²) in [5, 5.41) is 8.49. The van der Waals surface area contributed by atoms with Crippen molar-refractivity contribution in [3.05, 3.63) is 164 Å². The van der Waals surface area contributed by atoms with Crippen LogP contribution in [0, 0.1) is 0 Å². The highest BCUT2D eigenvalue weighted by Gasteiger charge is 2.14. The molecule has 5 aromatic carbocycles. The molecule has 1 aliphatic heterocycles. The Balaban J connectivity index is 0.000000213. The molecule has 6 aromatic rings. The van der Waals surface area contributed by atoms with E-state index in [0.717, 1.165) is 6.42 Å². The fourth-order valence-electron chi connectivity index (χ4n) is 5.59. The first-order valence-electron chi connectivity index (χ1n) is 14.2. The number of nitrogens with zero attached hydrogens (tertiary/aromatic N) is 1. The second kappa shape index (κ2) is 12.0. The normalized spacial score (nSPS) is 14.6. The van der Waals surface area contributed by atoms with Crippen LogP contribution >= 0.6 is 0 Å². The average molecular weight is 531 g/mol. The van der Waals surface area contributed by atoms with Crippen LogP contribution in [0.4, 0.5) is 0 Å². The Morgan fingerprint density at radius 3 is 2.27 bits per heavy atom. The summed E-state index contributed by atoms with van der Waals surface area (Å²) in [5.74, 6) is 0. The number of para-hydroxylation sites is 2. The lowest BCUT2D eigenvalue weighted by molar-refractivity contribution is 0.703. The van der Waals surface area contributed by atoms with Gasteiger partial charge in [-0.15, -0.1) is 0 Å². The molecule has 1 aliphatic rings. The van der Waals surface area contributed by atoms with Gasteiger partial charge >= 0.3 is 0 Å². The van der Waals surface area contributed by atoms with Crippen molar-refractivity contribution >= 4 is 32.6 Å². The quantitative estimate of drug-likeness (QED) is 0.219. The first-order valence-corrected chi connectivity index (χ1v) is 14.2. The summed E-state index contributed by atoms with van der Waals surface area (Å²) in [5.41, 5.74) is 7.47. The molecule has 7 rings (SSSR count). The summed E-state index contributed by atoms with van der Waals surface area (Å²) in [6.45, 7) is 5.76. The summed E-state index contributed by atoms with van der Waals surface area (Å²) >= 11 is 0. The molecule has 1 aromatic heterocycles. The molecule has 0 saturated heterocycles. The molecule has 41 heavy (non-hydrogen) atoms. The maximum absolute atomic E-state index is 3.62. The van der Waals surface area contributed by atoms with E-state index >= 15 is 0 Å². The first-order chi connectivity index (χ1) is 20.2. The van der Waals surface area contributed by atoms with Crippen LogP contribution in [0.15, 0.2) is 164 Å². The number of hydrogen-bond donors (Lipinski definition) is 1. The van der Waals surface area contributed by atoms with Crippen LogP contribution in [0.5, 0.6) is 0 Å². The van der Waals surface area contributed by atoms with Crippen LogP contribution in [-0.2, 0) is 0 Å². The monoisotopic (exact) mass is 530 g/mol. The van der Waals surface area contributed by atoms with E-state index in [1.807, 2.05) is 6.08 Å². The van der Waals surface area contributed by atoms with E-state index in [4.69, 9.17) is 0 Å². The van der Waals surface area contributed by atoms with Gasteiger partial charge in [-0.25, -0.2) is 0 Å². The van der Waals surface area contributed by atoms with Crippen LogP contribution < -0.4 is 5.32 Å². The van der Waals surface area contributed by atoms with E-state index < -0.39 is 0 Å². The molecular formula is C39H34N2. The Morgan fingerprint density at radius 1 is 0.756 bits per heavy atom. The third-order valence-electron chi connectivity index (χ3n) is 7.49. The predicted octanol–water partition coefficient (Wildman–Crippen LogP) is 10.2. The molecule has 1 unspecified atom stereocenters. The van der Waals surface area contributed by atoms with E-state index in [9.17, 15) is 0 Å². The van der Waals surface area contributed by atoms with E-state index in [1.54, 1.807) is 6.08 Å². The van der Waals surface area contributed by atoms with Gasteiger partial charge in [0.25, 0.3) is 0 Å². The lowest BCUT2D eigenvalue weighted by atomic mass is 9.99. The average Bonchev–Trinajstić information content (AvgIpc) is 3.37. The highest BCUT2D eigenvalue weighted by molar-refractivity contribution is 6.18. The topological polar surface area (TPSA) is 17.0 Å². The highest BCUT2D eigenvalue weighted by atomic mass is 15.0. The van der Waals surface area contributed by atoms with Gasteiger partial charge in [0.15, 0.2) is 0 Å². The van der Waals surface area contributed by atoms with Gasteiger partial charge < -0.3 is 9.88 Å². The predicted molar refractivity (Wildman–Crippen MR) is 177 cm³/mol. The Labute approximate surface area is 242 Å². The van der Waals surface area contributed by atoms with Crippen LogP contribution in [0.1, 0.15) is 13.3 Å². The summed E-state index contributed by atoms with van der Waals surface area (Å²) in [4.78, 5) is 0. The molecule has 0 radical (unpaired) electrons. The van der Waals surface area contributed by atoms with Gasteiger partial charge in [0.05, 0.1) is 11.0 Å². The number of aromatic nitrogens is 1. The van der Waals surface area contributed by atoms with Crippen molar-refractivity contribution in [3.8, 4) is 16.8 Å². The van der Waals surface area contributed by atoms with E-state index in [-0.39, 0.29) is 0 Å². The molecule has 0 saturated carbocycles. The van der Waals surface area contributed by atoms with E-state index in [0.29, 0.717) is 6.04 Å². The van der Waals surface area contributed by atoms with Crippen molar-refractivity contribution < 1.29 is 0 Å². The third kappa shape index (κ3) is 5.50. The molecule has 0 aliphatic carbocycles. The number of rotatable bonds is 5. The maximum Gasteiger partial charge on any atom is 0.0619 e. The van der Waals surface area contributed by atoms with Crippen LogP contribution in [0.2, 0.25) is 0 Å². The SMILES string of the molecule is C=C/C=C\CC1=CC=CC(C)N1.c1ccc(-c2ccc3c(ccc4c5ccccc5n(-c5ccccc5)c34)c2)cc1. The number of nitrogens with one attached hydrogen (secondary N) is 1. The van der Waals surface area contributed by atoms with Gasteiger partial charge in [0, 0.05) is 40.0 Å². The standard InChI is InChI=1S/C28H19N.C11H15N/c1-3-9-20(10-4-1)21-15-17-24-22(19-21)16-18-26-25-13-7-8-14-27(25)29(28(24)26)23-11-5-2-6-12-23;1-3-4-5-8-11-9-6-7-10(2)12-11/h1-19H;3-7,9-10,12H,1,8H2,2H3/b;5-4-. The zero-order chi connectivity index (χ0) is 28.0. The van der Waals surface area contributed by atoms with Crippen molar-refractivity contribution in [1.82, 2.24) is 9.88 Å². The Morgan fingerprint density at radius 2 is 1.49 bits per heavy atom. The summed E-state index contributed by atoms with van der Waals surface area (Å²) in [7, 11) is 0. The molecule has 1 N–H and O–H groups in total. The van der Waals surface area contributed by atoms with Crippen molar-refractivity contribution in [2.45, 2.75) is 19.4 Å². The summed E-state index contributed by atoms with van der Waals surface area (Å²) in [6.07, 6.45) is 13.2. The van der Waals surface area contributed by atoms with Gasteiger partial charge in [-0.05, 0) is 53.8 Å². The van der Waals surface area contributed by atoms with Gasteiger partial charge in [-0.1, -0.05) is 128 Å². The van der Waals surface area contributed by atoms with Crippen molar-refractivity contribution in [3.63, 3.8) is 0 Å². The first kappa shape index (κ1) is 26.2. The van der Waals surface area contributed by atoms with Crippen molar-refractivity contribution in [1.29, 1.82) is 0 Å². The minimum atomic E-state index is 0.460. The third-order valence-corrected chi connectivity index (χ3v) is 7.49. The molecule has 0 spiro atoms. The minimum absolute atomic E-state index is 0.460. The molecule has 2 heterocycles. The van der Waals surface area contributed by atoms with Crippen molar-refractivity contribution in [2.75, 3.05) is 0 Å². The zero-order valence-electron chi connectivity index (χ0n) is 23.4. The fourth-order valence-corrected chi connectivity index (χ4v) is 5.59. The van der Waals surface area contributed by atoms with Gasteiger partial charge in [-0.2, -0.15) is 0 Å². The van der Waals surface area contributed by atoms with Crippen molar-refractivity contribution in [2.24, 2.45) is 0 Å². The molecule has 1 atom stereocenters. The Bertz CT molecular complexity index is 1900. The van der Waals surface area contributed by atoms with Crippen LogP contribution in [0.25, 0.3) is 49.4 Å². The van der Waals surface area contributed by atoms with E-state index in [1.165, 1.54) is 55.1 Å². The van der Waals surface area contributed by atoms with Gasteiger partial charge in [-0.3, -0.25) is 0 Å². The summed E-state index contributed by atoms with van der Waals surface area (Å²) in [6, 6.07) is 41.7. The molecule has 0 bridgehead atoms. The lowest BCUT2D eigenvalue weighted by Crippen LogP contribution is -2.24. The zero-order valence-corrected chi connectivity index (χ0v) is 23.4. The second-order valence-electron chi connectivity index (χ2n) is 10.3. The van der Waals surface area contributed by atoms with Crippen LogP contribution in [0.3, 0.4) is 0 Å².